The molecule has 4 aromatic rings. The van der Waals surface area contributed by atoms with Gasteiger partial charge in [-0.25, -0.2) is 0 Å². The first-order valence-corrected chi connectivity index (χ1v) is 10.4. The predicted molar refractivity (Wildman–Crippen MR) is 125 cm³/mol. The quantitative estimate of drug-likeness (QED) is 0.392. The maximum absolute atomic E-state index is 13.2. The highest BCUT2D eigenvalue weighted by atomic mass is 16.5. The number of amides is 1. The number of carbonyl (C=O) groups is 1. The molecule has 0 unspecified atom stereocenters. The summed E-state index contributed by atoms with van der Waals surface area (Å²) >= 11 is 0. The topological polar surface area (TPSA) is 83.6 Å². The van der Waals surface area contributed by atoms with Crippen LogP contribution >= 0.6 is 0 Å². The first-order valence-electron chi connectivity index (χ1n) is 10.4. The van der Waals surface area contributed by atoms with Crippen molar-refractivity contribution in [3.05, 3.63) is 84.1 Å². The van der Waals surface area contributed by atoms with Crippen LogP contribution < -0.4 is 14.8 Å². The third-order valence-electron chi connectivity index (χ3n) is 5.56. The van der Waals surface area contributed by atoms with Crippen LogP contribution in [0.4, 0.5) is 0 Å². The van der Waals surface area contributed by atoms with Gasteiger partial charge in [-0.3, -0.25) is 4.79 Å². The van der Waals surface area contributed by atoms with Gasteiger partial charge >= 0.3 is 0 Å². The molecule has 1 heterocycles. The minimum Gasteiger partial charge on any atom is -0.493 e. The van der Waals surface area contributed by atoms with Gasteiger partial charge in [0, 0.05) is 22.7 Å². The van der Waals surface area contributed by atoms with Crippen molar-refractivity contribution in [3.63, 3.8) is 0 Å². The lowest BCUT2D eigenvalue weighted by Gasteiger charge is -2.18. The zero-order chi connectivity index (χ0) is 22.5. The second-order valence-electron chi connectivity index (χ2n) is 7.53. The number of aliphatic hydroxyl groups is 1. The average molecular weight is 431 g/mol. The smallest absolute Gasteiger partial charge is 0.252 e. The Kier molecular flexibility index (Phi) is 6.42. The molecule has 0 saturated heterocycles. The Morgan fingerprint density at radius 3 is 2.53 bits per heavy atom. The van der Waals surface area contributed by atoms with Gasteiger partial charge in [0.2, 0.25) is 0 Å². The Morgan fingerprint density at radius 1 is 1.00 bits per heavy atom. The van der Waals surface area contributed by atoms with Gasteiger partial charge in [0.25, 0.3) is 5.91 Å². The summed E-state index contributed by atoms with van der Waals surface area (Å²) in [6.07, 6.45) is 2.45. The predicted octanol–water partition coefficient (Wildman–Crippen LogP) is 4.19. The molecule has 164 valence electrons. The highest BCUT2D eigenvalue weighted by Crippen LogP contribution is 2.33. The molecule has 0 aliphatic heterocycles. The molecule has 0 radical (unpaired) electrons. The van der Waals surface area contributed by atoms with Gasteiger partial charge in [0.15, 0.2) is 11.5 Å². The fraction of sp³-hybridized carbons (Fsp3) is 0.192. The summed E-state index contributed by atoms with van der Waals surface area (Å²) in [5, 5.41) is 14.0. The number of para-hydroxylation sites is 1. The van der Waals surface area contributed by atoms with E-state index in [2.05, 4.69) is 10.3 Å². The lowest BCUT2D eigenvalue weighted by atomic mass is 9.98. The molecule has 32 heavy (non-hydrogen) atoms. The van der Waals surface area contributed by atoms with Crippen LogP contribution in [0.5, 0.6) is 11.5 Å². The summed E-state index contributed by atoms with van der Waals surface area (Å²) in [4.78, 5) is 16.4. The number of rotatable bonds is 8. The molecule has 3 N–H and O–H groups in total. The van der Waals surface area contributed by atoms with E-state index in [1.807, 2.05) is 66.9 Å². The molecular weight excluding hydrogens is 404 g/mol. The molecule has 6 nitrogen and oxygen atoms in total. The van der Waals surface area contributed by atoms with E-state index in [9.17, 15) is 9.90 Å². The van der Waals surface area contributed by atoms with Gasteiger partial charge in [-0.2, -0.15) is 0 Å². The van der Waals surface area contributed by atoms with Crippen molar-refractivity contribution in [2.75, 3.05) is 20.8 Å². The van der Waals surface area contributed by atoms with Gasteiger partial charge < -0.3 is 24.9 Å². The standard InChI is InChI=1S/C26H26N2O4/c1-31-24-12-11-17(14-25(24)32-2)20-7-3-4-9-22(20)26(30)28-19(16-29)13-18-15-27-23-10-6-5-8-21(18)23/h3-12,14-15,19,27,29H,13,16H2,1-2H3,(H,28,30)/t19-/m1/s1. The van der Waals surface area contributed by atoms with Crippen molar-refractivity contribution in [1.29, 1.82) is 0 Å². The number of ether oxygens (including phenoxy) is 2. The normalized spacial score (nSPS) is 11.8. The first kappa shape index (κ1) is 21.5. The zero-order valence-corrected chi connectivity index (χ0v) is 18.1. The molecule has 0 aliphatic carbocycles. The van der Waals surface area contributed by atoms with Gasteiger partial charge in [0.1, 0.15) is 0 Å². The highest BCUT2D eigenvalue weighted by molar-refractivity contribution is 6.01. The number of H-pyrrole nitrogens is 1. The van der Waals surface area contributed by atoms with E-state index in [0.717, 1.165) is 27.6 Å². The molecule has 0 spiro atoms. The number of methoxy groups -OCH3 is 2. The van der Waals surface area contributed by atoms with Crippen LogP contribution in [0.15, 0.2) is 72.9 Å². The minimum absolute atomic E-state index is 0.163. The number of nitrogens with one attached hydrogen (secondary N) is 2. The monoisotopic (exact) mass is 430 g/mol. The largest absolute Gasteiger partial charge is 0.493 e. The van der Waals surface area contributed by atoms with E-state index in [0.29, 0.717) is 23.5 Å². The van der Waals surface area contributed by atoms with Crippen molar-refractivity contribution in [2.24, 2.45) is 0 Å². The molecule has 0 fully saturated rings. The second-order valence-corrected chi connectivity index (χ2v) is 7.53. The number of fused-ring (bicyclic) bond motifs is 1. The Balaban J connectivity index is 1.58. The van der Waals surface area contributed by atoms with Crippen LogP contribution in [0, 0.1) is 0 Å². The van der Waals surface area contributed by atoms with E-state index in [1.54, 1.807) is 20.3 Å². The second kappa shape index (κ2) is 9.58. The molecule has 0 saturated carbocycles. The van der Waals surface area contributed by atoms with Crippen molar-refractivity contribution < 1.29 is 19.4 Å². The molecule has 3 aromatic carbocycles. The van der Waals surface area contributed by atoms with Crippen LogP contribution in [0.2, 0.25) is 0 Å². The van der Waals surface area contributed by atoms with Crippen molar-refractivity contribution in [1.82, 2.24) is 10.3 Å². The minimum atomic E-state index is -0.417. The van der Waals surface area contributed by atoms with Gasteiger partial charge in [-0.15, -0.1) is 0 Å². The molecule has 1 atom stereocenters. The highest BCUT2D eigenvalue weighted by Gasteiger charge is 2.19. The summed E-state index contributed by atoms with van der Waals surface area (Å²) in [6, 6.07) is 20.5. The van der Waals surface area contributed by atoms with Gasteiger partial charge in [-0.1, -0.05) is 42.5 Å². The Morgan fingerprint density at radius 2 is 1.75 bits per heavy atom. The van der Waals surface area contributed by atoms with Crippen molar-refractivity contribution in [3.8, 4) is 22.6 Å². The van der Waals surface area contributed by atoms with Crippen LogP contribution in [0.25, 0.3) is 22.0 Å². The molecule has 6 heteroatoms. The van der Waals surface area contributed by atoms with Crippen LogP contribution in [-0.4, -0.2) is 42.9 Å². The lowest BCUT2D eigenvalue weighted by Crippen LogP contribution is -2.39. The molecular formula is C26H26N2O4. The Hall–Kier alpha value is -3.77. The van der Waals surface area contributed by atoms with E-state index in [1.165, 1.54) is 0 Å². The van der Waals surface area contributed by atoms with Crippen molar-refractivity contribution >= 4 is 16.8 Å². The number of hydrogen-bond acceptors (Lipinski definition) is 4. The van der Waals surface area contributed by atoms with Crippen LogP contribution in [-0.2, 0) is 6.42 Å². The van der Waals surface area contributed by atoms with Crippen LogP contribution in [0.1, 0.15) is 15.9 Å². The Labute approximate surface area is 186 Å². The summed E-state index contributed by atoms with van der Waals surface area (Å²) in [5.74, 6) is 0.972. The molecule has 0 bridgehead atoms. The third kappa shape index (κ3) is 4.31. The number of hydrogen-bond donors (Lipinski definition) is 3. The van der Waals surface area contributed by atoms with Gasteiger partial charge in [0.05, 0.1) is 26.9 Å². The summed E-state index contributed by atoms with van der Waals surface area (Å²) < 4.78 is 10.7. The van der Waals surface area contributed by atoms with E-state index in [-0.39, 0.29) is 12.5 Å². The first-order chi connectivity index (χ1) is 15.6. The average Bonchev–Trinajstić information content (AvgIpc) is 3.25. The third-order valence-corrected chi connectivity index (χ3v) is 5.56. The molecule has 1 aromatic heterocycles. The molecule has 4 rings (SSSR count). The Bertz CT molecular complexity index is 1230. The zero-order valence-electron chi connectivity index (χ0n) is 18.1. The fourth-order valence-electron chi connectivity index (χ4n) is 3.93. The van der Waals surface area contributed by atoms with Gasteiger partial charge in [-0.05, 0) is 47.4 Å². The van der Waals surface area contributed by atoms with E-state index >= 15 is 0 Å². The summed E-state index contributed by atoms with van der Waals surface area (Å²) in [7, 11) is 3.17. The SMILES string of the molecule is COc1ccc(-c2ccccc2C(=O)N[C@@H](CO)Cc2c[nH]c3ccccc23)cc1OC. The van der Waals surface area contributed by atoms with Crippen molar-refractivity contribution in [2.45, 2.75) is 12.5 Å². The number of aromatic amines is 1. The van der Waals surface area contributed by atoms with Crippen LogP contribution in [0.3, 0.4) is 0 Å². The number of aromatic nitrogens is 1. The lowest BCUT2D eigenvalue weighted by molar-refractivity contribution is 0.0917. The molecule has 1 amide bonds. The molecule has 0 aliphatic rings. The fourth-order valence-corrected chi connectivity index (χ4v) is 3.93. The number of aliphatic hydroxyl groups excluding tert-OH is 1. The maximum atomic E-state index is 13.2. The number of benzene rings is 3. The summed E-state index contributed by atoms with van der Waals surface area (Å²) in [6.45, 7) is -0.163. The van der Waals surface area contributed by atoms with E-state index < -0.39 is 6.04 Å². The van der Waals surface area contributed by atoms with E-state index in [4.69, 9.17) is 9.47 Å². The maximum Gasteiger partial charge on any atom is 0.252 e. The number of carbonyl (C=O) groups excluding carboxylic acids is 1. The summed E-state index contributed by atoms with van der Waals surface area (Å²) in [5.41, 5.74) is 4.22.